The molecule has 2 aromatic rings. The Bertz CT molecular complexity index is 614. The lowest BCUT2D eigenvalue weighted by Gasteiger charge is -2.10. The van der Waals surface area contributed by atoms with E-state index >= 15 is 0 Å². The number of pyridine rings is 1. The van der Waals surface area contributed by atoms with Gasteiger partial charge in [0.05, 0.1) is 11.6 Å². The largest absolute Gasteiger partial charge is 0.496 e. The molecule has 1 amide bonds. The summed E-state index contributed by atoms with van der Waals surface area (Å²) in [6.07, 6.45) is 1.55. The molecule has 1 heterocycles. The maximum atomic E-state index is 11.3. The molecule has 2 rings (SSSR count). The number of primary amides is 1. The number of nitrogens with two attached hydrogens (primary N) is 1. The molecule has 0 radical (unpaired) electrons. The zero-order valence-corrected chi connectivity index (χ0v) is 12.0. The molecule has 0 aliphatic carbocycles. The standard InChI is InChI=1S/C11H8Br2N2O2/c1-17-7-3-2-5-8(9(7)13)6(12)4-15-10(5)11(14)16/h2-4H,1H3,(H2,14,16). The van der Waals surface area contributed by atoms with Crippen LogP contribution in [0.4, 0.5) is 0 Å². The van der Waals surface area contributed by atoms with Crippen LogP contribution in [0.5, 0.6) is 5.75 Å². The van der Waals surface area contributed by atoms with Crippen LogP contribution in [0.1, 0.15) is 10.5 Å². The minimum atomic E-state index is -0.556. The van der Waals surface area contributed by atoms with Gasteiger partial charge < -0.3 is 10.5 Å². The number of halogens is 2. The van der Waals surface area contributed by atoms with E-state index in [2.05, 4.69) is 36.8 Å². The number of benzene rings is 1. The van der Waals surface area contributed by atoms with Crippen LogP contribution in [-0.2, 0) is 0 Å². The molecule has 0 aliphatic heterocycles. The first-order valence-corrected chi connectivity index (χ1v) is 6.25. The van der Waals surface area contributed by atoms with Gasteiger partial charge >= 0.3 is 0 Å². The molecule has 0 unspecified atom stereocenters. The minimum Gasteiger partial charge on any atom is -0.496 e. The smallest absolute Gasteiger partial charge is 0.267 e. The Kier molecular flexibility index (Phi) is 3.35. The number of carbonyl (C=O) groups excluding carboxylic acids is 1. The second kappa shape index (κ2) is 4.62. The van der Waals surface area contributed by atoms with E-state index in [0.717, 1.165) is 14.3 Å². The van der Waals surface area contributed by atoms with Gasteiger partial charge in [0.25, 0.3) is 5.91 Å². The molecule has 0 spiro atoms. The van der Waals surface area contributed by atoms with Gasteiger partial charge in [0.2, 0.25) is 0 Å². The lowest BCUT2D eigenvalue weighted by molar-refractivity contribution is 0.0997. The fraction of sp³-hybridized carbons (Fsp3) is 0.0909. The van der Waals surface area contributed by atoms with Crippen LogP contribution >= 0.6 is 31.9 Å². The van der Waals surface area contributed by atoms with Crippen molar-refractivity contribution in [2.24, 2.45) is 5.73 Å². The Morgan fingerprint density at radius 1 is 1.41 bits per heavy atom. The Labute approximate surface area is 114 Å². The van der Waals surface area contributed by atoms with Gasteiger partial charge in [0, 0.05) is 21.4 Å². The lowest BCUT2D eigenvalue weighted by Crippen LogP contribution is -2.13. The van der Waals surface area contributed by atoms with E-state index in [1.165, 1.54) is 0 Å². The number of hydrogen-bond acceptors (Lipinski definition) is 3. The molecule has 2 N–H and O–H groups in total. The summed E-state index contributed by atoms with van der Waals surface area (Å²) in [5, 5.41) is 1.49. The summed E-state index contributed by atoms with van der Waals surface area (Å²) in [5.41, 5.74) is 5.53. The maximum Gasteiger partial charge on any atom is 0.267 e. The quantitative estimate of drug-likeness (QED) is 0.896. The van der Waals surface area contributed by atoms with E-state index in [1.807, 2.05) is 0 Å². The summed E-state index contributed by atoms with van der Waals surface area (Å²) in [4.78, 5) is 15.3. The number of hydrogen-bond donors (Lipinski definition) is 1. The molecule has 17 heavy (non-hydrogen) atoms. The van der Waals surface area contributed by atoms with Crippen LogP contribution in [0.3, 0.4) is 0 Å². The number of methoxy groups -OCH3 is 1. The number of aromatic nitrogens is 1. The average molecular weight is 360 g/mol. The van der Waals surface area contributed by atoms with Crippen molar-refractivity contribution in [1.29, 1.82) is 0 Å². The summed E-state index contributed by atoms with van der Waals surface area (Å²) < 4.78 is 6.73. The molecule has 1 aromatic heterocycles. The third-order valence-electron chi connectivity index (χ3n) is 2.36. The van der Waals surface area contributed by atoms with E-state index in [1.54, 1.807) is 25.4 Å². The monoisotopic (exact) mass is 358 g/mol. The second-order valence-electron chi connectivity index (χ2n) is 3.32. The van der Waals surface area contributed by atoms with E-state index in [4.69, 9.17) is 10.5 Å². The highest BCUT2D eigenvalue weighted by atomic mass is 79.9. The highest BCUT2D eigenvalue weighted by Gasteiger charge is 2.15. The average Bonchev–Trinajstić information content (AvgIpc) is 2.29. The summed E-state index contributed by atoms with van der Waals surface area (Å²) in [5.74, 6) is 0.124. The topological polar surface area (TPSA) is 65.2 Å². The molecular formula is C11H8Br2N2O2. The number of ether oxygens (including phenoxy) is 1. The second-order valence-corrected chi connectivity index (χ2v) is 4.97. The molecule has 6 heteroatoms. The van der Waals surface area contributed by atoms with Crippen LogP contribution in [0.25, 0.3) is 10.8 Å². The van der Waals surface area contributed by atoms with Crippen molar-refractivity contribution >= 4 is 48.5 Å². The van der Waals surface area contributed by atoms with Gasteiger partial charge in [-0.05, 0) is 44.0 Å². The van der Waals surface area contributed by atoms with E-state index < -0.39 is 5.91 Å². The van der Waals surface area contributed by atoms with Gasteiger partial charge in [0.1, 0.15) is 11.4 Å². The molecule has 0 bridgehead atoms. The predicted octanol–water partition coefficient (Wildman–Crippen LogP) is 2.87. The van der Waals surface area contributed by atoms with Gasteiger partial charge in [-0.1, -0.05) is 0 Å². The molecule has 4 nitrogen and oxygen atoms in total. The SMILES string of the molecule is COc1ccc2c(C(N)=O)ncc(Br)c2c1Br. The predicted molar refractivity (Wildman–Crippen MR) is 72.2 cm³/mol. The zero-order valence-electron chi connectivity index (χ0n) is 8.83. The van der Waals surface area contributed by atoms with Crippen molar-refractivity contribution < 1.29 is 9.53 Å². The Morgan fingerprint density at radius 3 is 2.71 bits per heavy atom. The molecule has 0 saturated heterocycles. The first kappa shape index (κ1) is 12.3. The van der Waals surface area contributed by atoms with Crippen LogP contribution < -0.4 is 10.5 Å². The van der Waals surface area contributed by atoms with Crippen LogP contribution in [0, 0.1) is 0 Å². The maximum absolute atomic E-state index is 11.3. The van der Waals surface area contributed by atoms with Gasteiger partial charge in [-0.3, -0.25) is 4.79 Å². The van der Waals surface area contributed by atoms with Crippen molar-refractivity contribution in [3.63, 3.8) is 0 Å². The van der Waals surface area contributed by atoms with Crippen LogP contribution in [0.15, 0.2) is 27.3 Å². The van der Waals surface area contributed by atoms with Gasteiger partial charge in [-0.15, -0.1) is 0 Å². The number of carbonyl (C=O) groups is 1. The zero-order chi connectivity index (χ0) is 12.6. The first-order valence-electron chi connectivity index (χ1n) is 4.66. The molecule has 88 valence electrons. The third kappa shape index (κ3) is 2.02. The Morgan fingerprint density at radius 2 is 2.12 bits per heavy atom. The van der Waals surface area contributed by atoms with Crippen molar-refractivity contribution in [1.82, 2.24) is 4.98 Å². The molecular weight excluding hydrogens is 352 g/mol. The highest BCUT2D eigenvalue weighted by Crippen LogP contribution is 2.37. The summed E-state index contributed by atoms with van der Waals surface area (Å²) in [7, 11) is 1.58. The van der Waals surface area contributed by atoms with Gasteiger partial charge in [-0.2, -0.15) is 0 Å². The van der Waals surface area contributed by atoms with E-state index in [0.29, 0.717) is 11.1 Å². The number of amides is 1. The number of fused-ring (bicyclic) bond motifs is 1. The summed E-state index contributed by atoms with van der Waals surface area (Å²) in [6, 6.07) is 3.52. The fourth-order valence-electron chi connectivity index (χ4n) is 1.60. The molecule has 0 atom stereocenters. The van der Waals surface area contributed by atoms with Gasteiger partial charge in [-0.25, -0.2) is 4.98 Å². The van der Waals surface area contributed by atoms with Crippen molar-refractivity contribution in [3.8, 4) is 5.75 Å². The van der Waals surface area contributed by atoms with E-state index in [-0.39, 0.29) is 5.69 Å². The van der Waals surface area contributed by atoms with E-state index in [9.17, 15) is 4.79 Å². The third-order valence-corrected chi connectivity index (χ3v) is 3.75. The lowest BCUT2D eigenvalue weighted by atomic mass is 10.1. The molecule has 0 aliphatic rings. The number of nitrogens with zero attached hydrogens (tertiary/aromatic N) is 1. The fourth-order valence-corrected chi connectivity index (χ4v) is 3.10. The summed E-state index contributed by atoms with van der Waals surface area (Å²) in [6.45, 7) is 0. The minimum absolute atomic E-state index is 0.242. The van der Waals surface area contributed by atoms with Gasteiger partial charge in [0.15, 0.2) is 0 Å². The van der Waals surface area contributed by atoms with Crippen LogP contribution in [-0.4, -0.2) is 18.0 Å². The highest BCUT2D eigenvalue weighted by molar-refractivity contribution is 9.11. The number of rotatable bonds is 2. The normalized spacial score (nSPS) is 10.5. The van der Waals surface area contributed by atoms with Crippen LogP contribution in [0.2, 0.25) is 0 Å². The molecule has 1 aromatic carbocycles. The molecule has 0 fully saturated rings. The molecule has 0 saturated carbocycles. The first-order chi connectivity index (χ1) is 8.06. The summed E-state index contributed by atoms with van der Waals surface area (Å²) >= 11 is 6.84. The van der Waals surface area contributed by atoms with Crippen molar-refractivity contribution in [2.45, 2.75) is 0 Å². The van der Waals surface area contributed by atoms with Crippen molar-refractivity contribution in [3.05, 3.63) is 33.0 Å². The Balaban J connectivity index is 2.91. The Hall–Kier alpha value is -1.14. The van der Waals surface area contributed by atoms with Crippen molar-refractivity contribution in [2.75, 3.05) is 7.11 Å².